The lowest BCUT2D eigenvalue weighted by Gasteiger charge is -2.17. The van der Waals surface area contributed by atoms with E-state index in [-0.39, 0.29) is 11.5 Å². The van der Waals surface area contributed by atoms with E-state index in [0.29, 0.717) is 0 Å². The zero-order valence-electron chi connectivity index (χ0n) is 8.20. The van der Waals surface area contributed by atoms with Crippen LogP contribution in [0.5, 0.6) is 0 Å². The number of aromatic nitrogens is 2. The van der Waals surface area contributed by atoms with E-state index < -0.39 is 0 Å². The SMILES string of the molecule is CCn1ccnc1C(O)C1(C)CC1. The van der Waals surface area contributed by atoms with Crippen LogP contribution in [0.15, 0.2) is 12.4 Å². The highest BCUT2D eigenvalue weighted by Gasteiger charge is 2.46. The third-order valence-electron chi connectivity index (χ3n) is 3.03. The van der Waals surface area contributed by atoms with Crippen molar-refractivity contribution >= 4 is 0 Å². The third kappa shape index (κ3) is 1.37. The van der Waals surface area contributed by atoms with E-state index in [0.717, 1.165) is 25.2 Å². The van der Waals surface area contributed by atoms with Crippen LogP contribution in [-0.2, 0) is 6.54 Å². The van der Waals surface area contributed by atoms with Gasteiger partial charge in [0.2, 0.25) is 0 Å². The van der Waals surface area contributed by atoms with E-state index in [2.05, 4.69) is 18.8 Å². The molecule has 1 aromatic rings. The Morgan fingerprint density at radius 1 is 1.69 bits per heavy atom. The molecule has 0 radical (unpaired) electrons. The summed E-state index contributed by atoms with van der Waals surface area (Å²) in [5, 5.41) is 10.0. The molecule has 1 fully saturated rings. The Morgan fingerprint density at radius 2 is 2.38 bits per heavy atom. The minimum Gasteiger partial charge on any atom is -0.385 e. The smallest absolute Gasteiger partial charge is 0.138 e. The van der Waals surface area contributed by atoms with Crippen molar-refractivity contribution in [1.29, 1.82) is 0 Å². The molecule has 1 aliphatic rings. The predicted molar refractivity (Wildman–Crippen MR) is 50.2 cm³/mol. The molecule has 2 rings (SSSR count). The molecule has 1 aromatic heterocycles. The normalized spacial score (nSPS) is 21.5. The van der Waals surface area contributed by atoms with Crippen molar-refractivity contribution < 1.29 is 5.11 Å². The van der Waals surface area contributed by atoms with Crippen molar-refractivity contribution in [3.8, 4) is 0 Å². The van der Waals surface area contributed by atoms with Crippen molar-refractivity contribution in [2.24, 2.45) is 5.41 Å². The number of aliphatic hydroxyl groups excluding tert-OH is 1. The predicted octanol–water partition coefficient (Wildman–Crippen LogP) is 1.74. The first-order chi connectivity index (χ1) is 6.17. The summed E-state index contributed by atoms with van der Waals surface area (Å²) in [6.07, 6.45) is 5.52. The second-order valence-corrected chi connectivity index (χ2v) is 4.13. The number of aliphatic hydroxyl groups is 1. The zero-order valence-corrected chi connectivity index (χ0v) is 8.20. The highest BCUT2D eigenvalue weighted by molar-refractivity contribution is 5.07. The molecule has 0 spiro atoms. The summed E-state index contributed by atoms with van der Waals surface area (Å²) < 4.78 is 2.01. The van der Waals surface area contributed by atoms with Gasteiger partial charge in [0.1, 0.15) is 11.9 Å². The van der Waals surface area contributed by atoms with E-state index in [1.54, 1.807) is 6.20 Å². The largest absolute Gasteiger partial charge is 0.385 e. The molecule has 0 amide bonds. The van der Waals surface area contributed by atoms with Gasteiger partial charge in [-0.05, 0) is 19.8 Å². The standard InChI is InChI=1S/C10H16N2O/c1-3-12-7-6-11-9(12)8(13)10(2)4-5-10/h6-8,13H,3-5H2,1-2H3. The average Bonchev–Trinajstić information content (AvgIpc) is 2.71. The van der Waals surface area contributed by atoms with E-state index in [1.807, 2.05) is 10.8 Å². The lowest BCUT2D eigenvalue weighted by Crippen LogP contribution is -2.15. The number of rotatable bonds is 3. The minimum absolute atomic E-state index is 0.0955. The van der Waals surface area contributed by atoms with Crippen molar-refractivity contribution in [2.45, 2.75) is 39.3 Å². The summed E-state index contributed by atoms with van der Waals surface area (Å²) in [5.74, 6) is 0.822. The van der Waals surface area contributed by atoms with Crippen LogP contribution < -0.4 is 0 Å². The maximum Gasteiger partial charge on any atom is 0.138 e. The molecule has 1 N–H and O–H groups in total. The zero-order chi connectivity index (χ0) is 9.47. The molecule has 1 aliphatic carbocycles. The van der Waals surface area contributed by atoms with Gasteiger partial charge in [-0.1, -0.05) is 6.92 Å². The number of nitrogens with zero attached hydrogens (tertiary/aromatic N) is 2. The quantitative estimate of drug-likeness (QED) is 0.769. The Bertz CT molecular complexity index is 302. The summed E-state index contributed by atoms with van der Waals surface area (Å²) in [6, 6.07) is 0. The van der Waals surface area contributed by atoms with Gasteiger partial charge in [0.05, 0.1) is 0 Å². The van der Waals surface area contributed by atoms with Gasteiger partial charge in [0, 0.05) is 24.4 Å². The summed E-state index contributed by atoms with van der Waals surface area (Å²) >= 11 is 0. The fraction of sp³-hybridized carbons (Fsp3) is 0.700. The molecule has 13 heavy (non-hydrogen) atoms. The molecule has 3 nitrogen and oxygen atoms in total. The number of aryl methyl sites for hydroxylation is 1. The molecule has 0 bridgehead atoms. The van der Waals surface area contributed by atoms with Gasteiger partial charge in [-0.25, -0.2) is 4.98 Å². The highest BCUT2D eigenvalue weighted by Crippen LogP contribution is 2.53. The summed E-state index contributed by atoms with van der Waals surface area (Å²) in [6.45, 7) is 5.06. The first-order valence-electron chi connectivity index (χ1n) is 4.86. The summed E-state index contributed by atoms with van der Waals surface area (Å²) in [7, 11) is 0. The molecule has 3 heteroatoms. The van der Waals surface area contributed by atoms with Crippen molar-refractivity contribution in [2.75, 3.05) is 0 Å². The Hall–Kier alpha value is -0.830. The average molecular weight is 180 g/mol. The number of hydrogen-bond donors (Lipinski definition) is 1. The van der Waals surface area contributed by atoms with Gasteiger partial charge in [-0.2, -0.15) is 0 Å². The van der Waals surface area contributed by atoms with Crippen LogP contribution in [0.4, 0.5) is 0 Å². The molecule has 0 aromatic carbocycles. The van der Waals surface area contributed by atoms with Crippen molar-refractivity contribution in [3.63, 3.8) is 0 Å². The summed E-state index contributed by atoms with van der Waals surface area (Å²) in [4.78, 5) is 4.21. The molecule has 1 atom stereocenters. The Balaban J connectivity index is 2.24. The lowest BCUT2D eigenvalue weighted by molar-refractivity contribution is 0.0912. The monoisotopic (exact) mass is 180 g/mol. The number of imidazole rings is 1. The topological polar surface area (TPSA) is 38.0 Å². The fourth-order valence-electron chi connectivity index (χ4n) is 1.62. The van der Waals surface area contributed by atoms with E-state index in [4.69, 9.17) is 0 Å². The van der Waals surface area contributed by atoms with E-state index in [1.165, 1.54) is 0 Å². The summed E-state index contributed by atoms with van der Waals surface area (Å²) in [5.41, 5.74) is 0.0955. The van der Waals surface area contributed by atoms with Crippen LogP contribution >= 0.6 is 0 Å². The molecule has 1 unspecified atom stereocenters. The first-order valence-corrected chi connectivity index (χ1v) is 4.86. The van der Waals surface area contributed by atoms with Crippen molar-refractivity contribution in [1.82, 2.24) is 9.55 Å². The van der Waals surface area contributed by atoms with Gasteiger partial charge < -0.3 is 9.67 Å². The second kappa shape index (κ2) is 2.84. The van der Waals surface area contributed by atoms with Gasteiger partial charge in [-0.15, -0.1) is 0 Å². The van der Waals surface area contributed by atoms with Gasteiger partial charge in [-0.3, -0.25) is 0 Å². The highest BCUT2D eigenvalue weighted by atomic mass is 16.3. The first kappa shape index (κ1) is 8.75. The van der Waals surface area contributed by atoms with Crippen LogP contribution in [0, 0.1) is 5.41 Å². The minimum atomic E-state index is -0.387. The Kier molecular flexibility index (Phi) is 1.91. The molecule has 1 saturated carbocycles. The van der Waals surface area contributed by atoms with Crippen LogP contribution in [0.3, 0.4) is 0 Å². The van der Waals surface area contributed by atoms with Crippen LogP contribution in [0.2, 0.25) is 0 Å². The van der Waals surface area contributed by atoms with Crippen LogP contribution in [-0.4, -0.2) is 14.7 Å². The van der Waals surface area contributed by atoms with Gasteiger partial charge in [0.25, 0.3) is 0 Å². The van der Waals surface area contributed by atoms with Gasteiger partial charge >= 0.3 is 0 Å². The maximum atomic E-state index is 10.0. The number of hydrogen-bond acceptors (Lipinski definition) is 2. The van der Waals surface area contributed by atoms with Crippen molar-refractivity contribution in [3.05, 3.63) is 18.2 Å². The van der Waals surface area contributed by atoms with E-state index in [9.17, 15) is 5.11 Å². The van der Waals surface area contributed by atoms with E-state index >= 15 is 0 Å². The Labute approximate surface area is 78.4 Å². The van der Waals surface area contributed by atoms with Gasteiger partial charge in [0.15, 0.2) is 0 Å². The molecule has 0 saturated heterocycles. The molecular weight excluding hydrogens is 164 g/mol. The Morgan fingerprint density at radius 3 is 2.92 bits per heavy atom. The van der Waals surface area contributed by atoms with Crippen LogP contribution in [0.1, 0.15) is 38.6 Å². The molecule has 72 valence electrons. The second-order valence-electron chi connectivity index (χ2n) is 4.13. The molecule has 1 heterocycles. The molecular formula is C10H16N2O. The lowest BCUT2D eigenvalue weighted by atomic mass is 10.0. The third-order valence-corrected chi connectivity index (χ3v) is 3.03. The fourth-order valence-corrected chi connectivity index (χ4v) is 1.62. The molecule has 0 aliphatic heterocycles. The van der Waals surface area contributed by atoms with Crippen LogP contribution in [0.25, 0.3) is 0 Å². The maximum absolute atomic E-state index is 10.0.